The highest BCUT2D eigenvalue weighted by Gasteiger charge is 2.24. The van der Waals surface area contributed by atoms with Crippen LogP contribution in [0.15, 0.2) is 83.7 Å². The Balaban J connectivity index is 2.01. The van der Waals surface area contributed by atoms with Crippen LogP contribution in [0.2, 0.25) is 0 Å². The fraction of sp³-hybridized carbons (Fsp3) is 0. The van der Waals surface area contributed by atoms with E-state index in [-0.39, 0.29) is 11.4 Å². The lowest BCUT2D eigenvalue weighted by Gasteiger charge is -2.11. The maximum Gasteiger partial charge on any atom is 0.291 e. The average Bonchev–Trinajstić information content (AvgIpc) is 3.18. The Morgan fingerprint density at radius 1 is 0.840 bits per heavy atom. The van der Waals surface area contributed by atoms with Crippen LogP contribution in [-0.4, -0.2) is 4.98 Å². The van der Waals surface area contributed by atoms with Crippen molar-refractivity contribution >= 4 is 0 Å². The molecule has 0 saturated heterocycles. The first kappa shape index (κ1) is 14.9. The van der Waals surface area contributed by atoms with E-state index in [1.807, 2.05) is 0 Å². The van der Waals surface area contributed by atoms with Gasteiger partial charge in [-0.15, -0.1) is 0 Å². The molecule has 25 heavy (non-hydrogen) atoms. The van der Waals surface area contributed by atoms with Gasteiger partial charge < -0.3 is 14.8 Å². The molecule has 4 aromatic rings. The van der Waals surface area contributed by atoms with Crippen LogP contribution in [0.25, 0.3) is 34.1 Å². The summed E-state index contributed by atoms with van der Waals surface area (Å²) >= 11 is 0. The Morgan fingerprint density at radius 2 is 1.68 bits per heavy atom. The molecule has 122 valence electrons. The standard InChI is InChI=1S/C19H13N3O3/c23-21-10-4-2-7-16(21)18-13-14(19-8-5-11-25-19)12-17(22(18)24)15-6-1-3-9-20-15/h1-13H. The maximum atomic E-state index is 12.9. The largest absolute Gasteiger partial charge is 0.618 e. The maximum absolute atomic E-state index is 12.9. The normalized spacial score (nSPS) is 10.7. The van der Waals surface area contributed by atoms with Crippen LogP contribution in [0.5, 0.6) is 0 Å². The van der Waals surface area contributed by atoms with Gasteiger partial charge in [-0.25, -0.2) is 4.98 Å². The summed E-state index contributed by atoms with van der Waals surface area (Å²) in [5.41, 5.74) is 2.03. The molecule has 0 bridgehead atoms. The van der Waals surface area contributed by atoms with E-state index >= 15 is 0 Å². The molecule has 6 nitrogen and oxygen atoms in total. The van der Waals surface area contributed by atoms with E-state index < -0.39 is 0 Å². The van der Waals surface area contributed by atoms with E-state index in [4.69, 9.17) is 4.42 Å². The van der Waals surface area contributed by atoms with Gasteiger partial charge in [0, 0.05) is 36.0 Å². The first-order chi connectivity index (χ1) is 12.2. The van der Waals surface area contributed by atoms with Gasteiger partial charge in [0.25, 0.3) is 11.4 Å². The summed E-state index contributed by atoms with van der Waals surface area (Å²) in [5, 5.41) is 25.1. The van der Waals surface area contributed by atoms with E-state index in [9.17, 15) is 10.4 Å². The molecule has 0 amide bonds. The van der Waals surface area contributed by atoms with Crippen LogP contribution in [0.1, 0.15) is 0 Å². The molecule has 0 aliphatic carbocycles. The van der Waals surface area contributed by atoms with Crippen molar-refractivity contribution in [2.24, 2.45) is 0 Å². The molecule has 4 heterocycles. The second kappa shape index (κ2) is 6.09. The SMILES string of the molecule is [O-][n+]1ccccc1-c1cc(-c2ccco2)cc(-c2ccccn2)[n+]1[O-]. The topological polar surface area (TPSA) is 79.9 Å². The van der Waals surface area contributed by atoms with Gasteiger partial charge >= 0.3 is 0 Å². The van der Waals surface area contributed by atoms with Crippen LogP contribution in [0.3, 0.4) is 0 Å². The molecule has 0 atom stereocenters. The van der Waals surface area contributed by atoms with E-state index in [1.54, 1.807) is 73.1 Å². The van der Waals surface area contributed by atoms with Gasteiger partial charge in [0.05, 0.1) is 6.26 Å². The van der Waals surface area contributed by atoms with E-state index in [0.717, 1.165) is 4.73 Å². The summed E-state index contributed by atoms with van der Waals surface area (Å²) in [5.74, 6) is 0.604. The van der Waals surface area contributed by atoms with Crippen molar-refractivity contribution in [3.63, 3.8) is 0 Å². The van der Waals surface area contributed by atoms with Crippen LogP contribution in [-0.2, 0) is 0 Å². The fourth-order valence-electron chi connectivity index (χ4n) is 2.67. The van der Waals surface area contributed by atoms with Gasteiger partial charge in [-0.1, -0.05) is 6.07 Å². The van der Waals surface area contributed by atoms with Crippen molar-refractivity contribution in [3.05, 3.63) is 89.7 Å². The molecule has 0 spiro atoms. The Morgan fingerprint density at radius 3 is 2.40 bits per heavy atom. The lowest BCUT2D eigenvalue weighted by molar-refractivity contribution is -0.620. The molecule has 0 aliphatic heterocycles. The number of aromatic nitrogens is 3. The lowest BCUT2D eigenvalue weighted by Crippen LogP contribution is -2.38. The zero-order valence-corrected chi connectivity index (χ0v) is 13.1. The van der Waals surface area contributed by atoms with Crippen LogP contribution >= 0.6 is 0 Å². The first-order valence-corrected chi connectivity index (χ1v) is 7.65. The molecule has 4 aromatic heterocycles. The van der Waals surface area contributed by atoms with Crippen molar-refractivity contribution in [3.8, 4) is 34.1 Å². The predicted molar refractivity (Wildman–Crippen MR) is 90.7 cm³/mol. The number of rotatable bonds is 3. The summed E-state index contributed by atoms with van der Waals surface area (Å²) < 4.78 is 6.84. The quantitative estimate of drug-likeness (QED) is 0.427. The number of furan rings is 1. The van der Waals surface area contributed by atoms with Gasteiger partial charge in [-0.3, -0.25) is 0 Å². The highest BCUT2D eigenvalue weighted by atomic mass is 16.5. The van der Waals surface area contributed by atoms with Crippen molar-refractivity contribution in [1.29, 1.82) is 0 Å². The lowest BCUT2D eigenvalue weighted by atomic mass is 10.1. The van der Waals surface area contributed by atoms with Gasteiger partial charge in [-0.05, 0) is 30.3 Å². The number of hydrogen-bond donors (Lipinski definition) is 0. The summed E-state index contributed by atoms with van der Waals surface area (Å²) in [6.07, 6.45) is 4.53. The Kier molecular flexibility index (Phi) is 3.63. The van der Waals surface area contributed by atoms with Gasteiger partial charge in [0.2, 0.25) is 5.69 Å². The van der Waals surface area contributed by atoms with Crippen molar-refractivity contribution < 1.29 is 13.9 Å². The molecule has 0 aromatic carbocycles. The molecule has 0 radical (unpaired) electrons. The van der Waals surface area contributed by atoms with Crippen LogP contribution < -0.4 is 9.46 Å². The zero-order chi connectivity index (χ0) is 17.2. The Labute approximate surface area is 143 Å². The zero-order valence-electron chi connectivity index (χ0n) is 13.1. The van der Waals surface area contributed by atoms with E-state index in [0.29, 0.717) is 27.4 Å². The summed E-state index contributed by atoms with van der Waals surface area (Å²) in [6.45, 7) is 0. The molecule has 0 aliphatic rings. The third-order valence-electron chi connectivity index (χ3n) is 3.84. The first-order valence-electron chi connectivity index (χ1n) is 7.65. The monoisotopic (exact) mass is 331 g/mol. The summed E-state index contributed by atoms with van der Waals surface area (Å²) in [7, 11) is 0. The molecule has 6 heteroatoms. The fourth-order valence-corrected chi connectivity index (χ4v) is 2.67. The van der Waals surface area contributed by atoms with E-state index in [1.165, 1.54) is 6.20 Å². The highest BCUT2D eigenvalue weighted by Crippen LogP contribution is 2.27. The molecular weight excluding hydrogens is 318 g/mol. The summed E-state index contributed by atoms with van der Waals surface area (Å²) in [4.78, 5) is 4.25. The molecule has 0 N–H and O–H groups in total. The smallest absolute Gasteiger partial charge is 0.291 e. The minimum atomic E-state index is 0.227. The second-order valence-corrected chi connectivity index (χ2v) is 5.41. The molecular formula is C19H13N3O3. The molecule has 0 fully saturated rings. The van der Waals surface area contributed by atoms with Gasteiger partial charge in [0.1, 0.15) is 11.5 Å². The van der Waals surface area contributed by atoms with Gasteiger partial charge in [-0.2, -0.15) is 9.46 Å². The number of hydrogen-bond acceptors (Lipinski definition) is 4. The minimum Gasteiger partial charge on any atom is -0.618 e. The highest BCUT2D eigenvalue weighted by molar-refractivity contribution is 5.68. The molecule has 4 rings (SSSR count). The minimum absolute atomic E-state index is 0.227. The predicted octanol–water partition coefficient (Wildman–Crippen LogP) is 2.94. The number of pyridine rings is 3. The molecule has 0 unspecified atom stereocenters. The third kappa shape index (κ3) is 2.70. The number of nitrogens with zero attached hydrogens (tertiary/aromatic N) is 3. The van der Waals surface area contributed by atoms with Crippen molar-refractivity contribution in [2.75, 3.05) is 0 Å². The van der Waals surface area contributed by atoms with Crippen molar-refractivity contribution in [1.82, 2.24) is 4.98 Å². The second-order valence-electron chi connectivity index (χ2n) is 5.41. The van der Waals surface area contributed by atoms with Crippen molar-refractivity contribution in [2.45, 2.75) is 0 Å². The van der Waals surface area contributed by atoms with E-state index in [2.05, 4.69) is 4.98 Å². The van der Waals surface area contributed by atoms with Gasteiger partial charge in [0.15, 0.2) is 6.20 Å². The average molecular weight is 331 g/mol. The molecule has 0 saturated carbocycles. The Bertz CT molecular complexity index is 1020. The van der Waals surface area contributed by atoms with Crippen LogP contribution in [0, 0.1) is 10.4 Å². The summed E-state index contributed by atoms with van der Waals surface area (Å²) in [6, 6.07) is 17.2. The Hall–Kier alpha value is -3.67. The third-order valence-corrected chi connectivity index (χ3v) is 3.84. The van der Waals surface area contributed by atoms with Crippen LogP contribution in [0.4, 0.5) is 0 Å².